The Labute approximate surface area is 169 Å². The van der Waals surface area contributed by atoms with Crippen LogP contribution in [0, 0.1) is 6.92 Å². The van der Waals surface area contributed by atoms with Crippen LogP contribution in [0.1, 0.15) is 21.5 Å². The third-order valence-electron chi connectivity index (χ3n) is 4.13. The monoisotopic (exact) mass is 421 g/mol. The molecule has 0 bridgehead atoms. The Bertz CT molecular complexity index is 1020. The van der Waals surface area contributed by atoms with Crippen molar-refractivity contribution in [2.24, 2.45) is 0 Å². The van der Waals surface area contributed by atoms with Crippen LogP contribution < -0.4 is 14.8 Å². The Morgan fingerprint density at radius 1 is 1.00 bits per heavy atom. The molecule has 1 N–H and O–H groups in total. The summed E-state index contributed by atoms with van der Waals surface area (Å²) >= 11 is 0. The maximum atomic E-state index is 12.2. The highest BCUT2D eigenvalue weighted by Crippen LogP contribution is 2.27. The third-order valence-corrected chi connectivity index (χ3v) is 5.24. The molecule has 2 rings (SSSR count). The number of amides is 1. The Morgan fingerprint density at radius 3 is 2.31 bits per heavy atom. The first kappa shape index (κ1) is 22.2. The van der Waals surface area contributed by atoms with E-state index in [9.17, 15) is 18.0 Å². The number of nitrogens with one attached hydrogen (secondary N) is 1. The molecular weight excluding hydrogens is 398 g/mol. The summed E-state index contributed by atoms with van der Waals surface area (Å²) in [6.07, 6.45) is 1.05. The van der Waals surface area contributed by atoms with Crippen LogP contribution >= 0.6 is 0 Å². The largest absolute Gasteiger partial charge is 0.493 e. The summed E-state index contributed by atoms with van der Waals surface area (Å²) in [5.41, 5.74) is 1.42. The van der Waals surface area contributed by atoms with E-state index < -0.39 is 28.3 Å². The van der Waals surface area contributed by atoms with Crippen molar-refractivity contribution >= 4 is 21.7 Å². The van der Waals surface area contributed by atoms with E-state index in [0.29, 0.717) is 17.1 Å². The highest BCUT2D eigenvalue weighted by Gasteiger charge is 2.17. The van der Waals surface area contributed by atoms with Gasteiger partial charge in [-0.15, -0.1) is 0 Å². The van der Waals surface area contributed by atoms with Crippen LogP contribution in [0.15, 0.2) is 41.3 Å². The molecule has 1 amide bonds. The molecule has 29 heavy (non-hydrogen) atoms. The zero-order chi connectivity index (χ0) is 21.6. The predicted octanol–water partition coefficient (Wildman–Crippen LogP) is 1.89. The fourth-order valence-corrected chi connectivity index (χ4v) is 3.15. The van der Waals surface area contributed by atoms with Crippen LogP contribution in [0.2, 0.25) is 0 Å². The lowest BCUT2D eigenvalue weighted by Crippen LogP contribution is -2.28. The molecule has 0 spiro atoms. The van der Waals surface area contributed by atoms with Crippen molar-refractivity contribution in [2.75, 3.05) is 27.1 Å². The fraction of sp³-hybridized carbons (Fsp3) is 0.300. The number of carbonyl (C=O) groups excluding carboxylic acids is 2. The summed E-state index contributed by atoms with van der Waals surface area (Å²) in [7, 11) is -0.420. The highest BCUT2D eigenvalue weighted by molar-refractivity contribution is 7.90. The second-order valence-electron chi connectivity index (χ2n) is 6.29. The number of aryl methyl sites for hydroxylation is 1. The number of esters is 1. The first-order valence-corrected chi connectivity index (χ1v) is 10.5. The van der Waals surface area contributed by atoms with Crippen LogP contribution in [0.25, 0.3) is 0 Å². The fourth-order valence-electron chi connectivity index (χ4n) is 2.50. The summed E-state index contributed by atoms with van der Waals surface area (Å²) in [4.78, 5) is 24.3. The normalized spacial score (nSPS) is 10.9. The molecule has 156 valence electrons. The topological polar surface area (TPSA) is 108 Å². The summed E-state index contributed by atoms with van der Waals surface area (Å²) in [6.45, 7) is 1.37. The minimum Gasteiger partial charge on any atom is -0.493 e. The molecule has 8 nitrogen and oxygen atoms in total. The molecule has 2 aromatic rings. The Morgan fingerprint density at radius 2 is 1.69 bits per heavy atom. The van der Waals surface area contributed by atoms with Gasteiger partial charge in [0.15, 0.2) is 27.9 Å². The molecule has 0 aliphatic heterocycles. The summed E-state index contributed by atoms with van der Waals surface area (Å²) in [5, 5.41) is 2.64. The van der Waals surface area contributed by atoms with E-state index in [2.05, 4.69) is 5.32 Å². The van der Waals surface area contributed by atoms with Crippen LogP contribution in [0.3, 0.4) is 0 Å². The molecule has 0 aliphatic carbocycles. The van der Waals surface area contributed by atoms with E-state index in [1.807, 2.05) is 0 Å². The molecule has 0 saturated carbocycles. The van der Waals surface area contributed by atoms with Gasteiger partial charge >= 0.3 is 5.97 Å². The number of rotatable bonds is 8. The lowest BCUT2D eigenvalue weighted by molar-refractivity contribution is -0.124. The quantitative estimate of drug-likeness (QED) is 0.649. The SMILES string of the molecule is COc1ccc(CNC(=O)COC(=O)c2cc(S(C)(=O)=O)ccc2C)cc1OC. The van der Waals surface area contributed by atoms with Gasteiger partial charge in [-0.1, -0.05) is 12.1 Å². The van der Waals surface area contributed by atoms with Gasteiger partial charge in [-0.05, 0) is 42.3 Å². The number of hydrogen-bond acceptors (Lipinski definition) is 7. The maximum absolute atomic E-state index is 12.2. The third kappa shape index (κ3) is 5.95. The molecule has 2 aromatic carbocycles. The number of benzene rings is 2. The molecule has 0 saturated heterocycles. The molecule has 9 heteroatoms. The lowest BCUT2D eigenvalue weighted by atomic mass is 10.1. The van der Waals surface area contributed by atoms with Crippen molar-refractivity contribution in [1.29, 1.82) is 0 Å². The van der Waals surface area contributed by atoms with Gasteiger partial charge in [0, 0.05) is 12.8 Å². The molecule has 0 aliphatic rings. The van der Waals surface area contributed by atoms with E-state index in [1.165, 1.54) is 32.4 Å². The van der Waals surface area contributed by atoms with Crippen molar-refractivity contribution in [3.8, 4) is 11.5 Å². The average Bonchev–Trinajstić information content (AvgIpc) is 2.69. The molecular formula is C20H23NO7S. The maximum Gasteiger partial charge on any atom is 0.338 e. The molecule has 0 fully saturated rings. The van der Waals surface area contributed by atoms with Gasteiger partial charge < -0.3 is 19.5 Å². The van der Waals surface area contributed by atoms with Crippen LogP contribution in [-0.2, 0) is 25.9 Å². The Hall–Kier alpha value is -3.07. The Balaban J connectivity index is 1.95. The Kier molecular flexibility index (Phi) is 7.22. The molecule has 0 atom stereocenters. The standard InChI is InChI=1S/C20H23NO7S/c1-13-5-7-15(29(4,24)25)10-16(13)20(23)28-12-19(22)21-11-14-6-8-17(26-2)18(9-14)27-3/h5-10H,11-12H2,1-4H3,(H,21,22). The average molecular weight is 421 g/mol. The van der Waals surface area contributed by atoms with Crippen molar-refractivity contribution in [1.82, 2.24) is 5.32 Å². The summed E-state index contributed by atoms with van der Waals surface area (Å²) in [5.74, 6) is -0.158. The van der Waals surface area contributed by atoms with Gasteiger partial charge in [0.1, 0.15) is 0 Å². The number of ether oxygens (including phenoxy) is 3. The number of carbonyl (C=O) groups is 2. The molecule has 0 unspecified atom stereocenters. The van der Waals surface area contributed by atoms with Gasteiger partial charge in [-0.3, -0.25) is 4.79 Å². The van der Waals surface area contributed by atoms with Crippen LogP contribution in [0.5, 0.6) is 11.5 Å². The first-order valence-electron chi connectivity index (χ1n) is 8.61. The van der Waals surface area contributed by atoms with E-state index in [-0.39, 0.29) is 17.0 Å². The van der Waals surface area contributed by atoms with Crippen LogP contribution in [-0.4, -0.2) is 47.4 Å². The second kappa shape index (κ2) is 9.42. The first-order chi connectivity index (χ1) is 13.7. The van der Waals surface area contributed by atoms with Gasteiger partial charge in [-0.2, -0.15) is 0 Å². The van der Waals surface area contributed by atoms with Gasteiger partial charge in [-0.25, -0.2) is 13.2 Å². The lowest BCUT2D eigenvalue weighted by Gasteiger charge is -2.11. The number of methoxy groups -OCH3 is 2. The van der Waals surface area contributed by atoms with Gasteiger partial charge in [0.05, 0.1) is 24.7 Å². The van der Waals surface area contributed by atoms with E-state index >= 15 is 0 Å². The van der Waals surface area contributed by atoms with Gasteiger partial charge in [0.2, 0.25) is 0 Å². The smallest absolute Gasteiger partial charge is 0.338 e. The summed E-state index contributed by atoms with van der Waals surface area (Å²) < 4.78 is 38.7. The molecule has 0 radical (unpaired) electrons. The summed E-state index contributed by atoms with van der Waals surface area (Å²) in [6, 6.07) is 9.40. The van der Waals surface area contributed by atoms with E-state index in [0.717, 1.165) is 11.8 Å². The van der Waals surface area contributed by atoms with Crippen LogP contribution in [0.4, 0.5) is 0 Å². The van der Waals surface area contributed by atoms with Crippen molar-refractivity contribution in [2.45, 2.75) is 18.4 Å². The predicted molar refractivity (Wildman–Crippen MR) is 106 cm³/mol. The zero-order valence-corrected chi connectivity index (χ0v) is 17.5. The number of sulfone groups is 1. The van der Waals surface area contributed by atoms with Crippen molar-refractivity contribution < 1.29 is 32.2 Å². The molecule has 0 aromatic heterocycles. The highest BCUT2D eigenvalue weighted by atomic mass is 32.2. The second-order valence-corrected chi connectivity index (χ2v) is 8.31. The minimum atomic E-state index is -3.46. The zero-order valence-electron chi connectivity index (χ0n) is 16.6. The van der Waals surface area contributed by atoms with Gasteiger partial charge in [0.25, 0.3) is 5.91 Å². The van der Waals surface area contributed by atoms with Crippen molar-refractivity contribution in [3.63, 3.8) is 0 Å². The van der Waals surface area contributed by atoms with E-state index in [4.69, 9.17) is 14.2 Å². The molecule has 0 heterocycles. The van der Waals surface area contributed by atoms with E-state index in [1.54, 1.807) is 25.1 Å². The minimum absolute atomic E-state index is 0.00737. The van der Waals surface area contributed by atoms with Crippen molar-refractivity contribution in [3.05, 3.63) is 53.1 Å². The number of hydrogen-bond donors (Lipinski definition) is 1.